The molecule has 0 saturated carbocycles. The topological polar surface area (TPSA) is 129 Å². The van der Waals surface area contributed by atoms with Gasteiger partial charge in [-0.1, -0.05) is 0 Å². The predicted molar refractivity (Wildman–Crippen MR) is 136 cm³/mol. The maximum absolute atomic E-state index is 12.7. The number of anilines is 3. The molecule has 0 radical (unpaired) electrons. The predicted octanol–water partition coefficient (Wildman–Crippen LogP) is 4.08. The van der Waals surface area contributed by atoms with Gasteiger partial charge in [0.1, 0.15) is 22.7 Å². The van der Waals surface area contributed by atoms with E-state index in [0.717, 1.165) is 55.4 Å². The quantitative estimate of drug-likeness (QED) is 0.322. The van der Waals surface area contributed by atoms with Gasteiger partial charge in [-0.05, 0) is 43.7 Å². The molecule has 2 aliphatic rings. The van der Waals surface area contributed by atoms with Crippen LogP contribution in [0.2, 0.25) is 0 Å². The fraction of sp³-hybridized carbons (Fsp3) is 0.417. The fourth-order valence-corrected chi connectivity index (χ4v) is 6.09. The van der Waals surface area contributed by atoms with Gasteiger partial charge in [0, 0.05) is 54.0 Å². The Bertz CT molecular complexity index is 1240. The number of likely N-dealkylation sites (tertiary alicyclic amines) is 1. The molecule has 2 amide bonds. The normalized spacial score (nSPS) is 17.8. The van der Waals surface area contributed by atoms with Crippen LogP contribution in [0.4, 0.5) is 22.0 Å². The largest absolute Gasteiger partial charge is 0.494 e. The number of benzene rings is 1. The van der Waals surface area contributed by atoms with Crippen LogP contribution in [0.1, 0.15) is 41.7 Å². The first-order chi connectivity index (χ1) is 16.6. The number of rotatable bonds is 5. The summed E-state index contributed by atoms with van der Waals surface area (Å²) in [5.74, 6) is 1.29. The van der Waals surface area contributed by atoms with Gasteiger partial charge >= 0.3 is 6.03 Å². The Balaban J connectivity index is 1.40. The zero-order chi connectivity index (χ0) is 23.7. The number of amides is 2. The molecule has 5 N–H and O–H groups in total. The number of carbonyl (C=O) groups excluding carboxylic acids is 1. The van der Waals surface area contributed by atoms with E-state index in [1.165, 1.54) is 23.1 Å². The van der Waals surface area contributed by atoms with Crippen molar-refractivity contribution in [3.63, 3.8) is 0 Å². The Hall–Kier alpha value is -3.40. The number of nitrogen functional groups attached to an aromatic ring is 1. The van der Waals surface area contributed by atoms with Crippen molar-refractivity contribution >= 4 is 51.0 Å². The van der Waals surface area contributed by atoms with E-state index in [1.54, 1.807) is 36.9 Å². The van der Waals surface area contributed by atoms with Crippen LogP contribution in [0.15, 0.2) is 18.5 Å². The number of fused-ring (bicyclic) bond motifs is 3. The van der Waals surface area contributed by atoms with E-state index in [-0.39, 0.29) is 12.1 Å². The number of urea groups is 1. The molecule has 1 unspecified atom stereocenters. The first-order valence-corrected chi connectivity index (χ1v) is 12.4. The number of methoxy groups -OCH3 is 1. The summed E-state index contributed by atoms with van der Waals surface area (Å²) >= 11 is 1.67. The summed E-state index contributed by atoms with van der Waals surface area (Å²) in [6, 6.07) is 3.69. The van der Waals surface area contributed by atoms with Crippen LogP contribution >= 0.6 is 11.3 Å². The number of nitrogens with two attached hydrogens (primary N) is 1. The molecule has 0 bridgehead atoms. The summed E-state index contributed by atoms with van der Waals surface area (Å²) < 4.78 is 5.50. The Kier molecular flexibility index (Phi) is 6.23. The molecule has 2 aromatic heterocycles. The first kappa shape index (κ1) is 22.4. The summed E-state index contributed by atoms with van der Waals surface area (Å²) in [5, 5.41) is 15.3. The average Bonchev–Trinajstić information content (AvgIpc) is 3.24. The van der Waals surface area contributed by atoms with Crippen molar-refractivity contribution in [2.45, 2.75) is 44.6 Å². The van der Waals surface area contributed by atoms with E-state index in [4.69, 9.17) is 15.9 Å². The van der Waals surface area contributed by atoms with Gasteiger partial charge in [0.05, 0.1) is 18.2 Å². The lowest BCUT2D eigenvalue weighted by atomic mass is 9.93. The van der Waals surface area contributed by atoms with Crippen molar-refractivity contribution in [3.05, 3.63) is 34.5 Å². The molecule has 3 heterocycles. The number of hydrogen-bond donors (Lipinski definition) is 4. The molecule has 0 spiro atoms. The molecule has 1 aromatic carbocycles. The van der Waals surface area contributed by atoms with E-state index < -0.39 is 0 Å². The van der Waals surface area contributed by atoms with Crippen molar-refractivity contribution in [1.82, 2.24) is 20.2 Å². The van der Waals surface area contributed by atoms with Gasteiger partial charge < -0.3 is 31.4 Å². The number of thiophene rings is 1. The third-order valence-corrected chi connectivity index (χ3v) is 7.79. The maximum atomic E-state index is 12.7. The molecule has 3 aromatic rings. The number of hydrogen-bond acceptors (Lipinski definition) is 8. The van der Waals surface area contributed by atoms with Gasteiger partial charge in [-0.15, -0.1) is 11.3 Å². The Labute approximate surface area is 202 Å². The van der Waals surface area contributed by atoms with Crippen molar-refractivity contribution in [2.24, 2.45) is 0 Å². The van der Waals surface area contributed by atoms with Crippen molar-refractivity contribution in [2.75, 3.05) is 31.2 Å². The lowest BCUT2D eigenvalue weighted by Gasteiger charge is -2.30. The smallest absolute Gasteiger partial charge is 0.317 e. The van der Waals surface area contributed by atoms with Gasteiger partial charge in [-0.25, -0.2) is 14.8 Å². The Morgan fingerprint density at radius 3 is 2.88 bits per heavy atom. The number of carbonyl (C=O) groups is 1. The second-order valence-electron chi connectivity index (χ2n) is 8.79. The third-order valence-electron chi connectivity index (χ3n) is 6.63. The van der Waals surface area contributed by atoms with Gasteiger partial charge in [0.15, 0.2) is 0 Å². The van der Waals surface area contributed by atoms with Gasteiger partial charge in [-0.2, -0.15) is 0 Å². The van der Waals surface area contributed by atoms with Crippen LogP contribution in [0.25, 0.3) is 10.2 Å². The van der Waals surface area contributed by atoms with E-state index >= 15 is 0 Å². The fourth-order valence-electron chi connectivity index (χ4n) is 4.82. The minimum absolute atomic E-state index is 0.0638. The summed E-state index contributed by atoms with van der Waals surface area (Å²) in [6.45, 7) is 1.71. The van der Waals surface area contributed by atoms with Crippen LogP contribution in [-0.2, 0) is 12.8 Å². The molecule has 1 aliphatic heterocycles. The molecule has 1 atom stereocenters. The number of piperidine rings is 1. The van der Waals surface area contributed by atoms with Crippen LogP contribution in [0.3, 0.4) is 0 Å². The highest BCUT2D eigenvalue weighted by Gasteiger charge is 2.28. The molecule has 1 saturated heterocycles. The number of nitrogens with zero attached hydrogens (tertiary/aromatic N) is 3. The monoisotopic (exact) mass is 479 g/mol. The van der Waals surface area contributed by atoms with Gasteiger partial charge in [-0.3, -0.25) is 0 Å². The molecular formula is C24H29N7O2S. The van der Waals surface area contributed by atoms with Crippen molar-refractivity contribution < 1.29 is 9.53 Å². The summed E-state index contributed by atoms with van der Waals surface area (Å²) in [6.07, 6.45) is 8.71. The van der Waals surface area contributed by atoms with E-state index in [2.05, 4.69) is 20.6 Å². The molecule has 34 heavy (non-hydrogen) atoms. The van der Waals surface area contributed by atoms with Gasteiger partial charge in [0.2, 0.25) is 0 Å². The lowest BCUT2D eigenvalue weighted by Crippen LogP contribution is -2.48. The minimum atomic E-state index is 0.0638. The molecule has 9 nitrogen and oxygen atoms in total. The van der Waals surface area contributed by atoms with E-state index in [9.17, 15) is 4.79 Å². The lowest BCUT2D eigenvalue weighted by molar-refractivity contribution is 0.181. The number of ether oxygens (including phenoxy) is 1. The van der Waals surface area contributed by atoms with Crippen molar-refractivity contribution in [3.8, 4) is 5.75 Å². The molecular weight excluding hydrogens is 450 g/mol. The van der Waals surface area contributed by atoms with E-state index in [0.29, 0.717) is 28.5 Å². The molecule has 1 aliphatic carbocycles. The second kappa shape index (κ2) is 9.46. The summed E-state index contributed by atoms with van der Waals surface area (Å²) in [5.41, 5.74) is 9.04. The minimum Gasteiger partial charge on any atom is -0.494 e. The Morgan fingerprint density at radius 2 is 2.12 bits per heavy atom. The van der Waals surface area contributed by atoms with Crippen molar-refractivity contribution in [1.29, 1.82) is 5.41 Å². The molecule has 5 rings (SSSR count). The summed E-state index contributed by atoms with van der Waals surface area (Å²) in [4.78, 5) is 25.9. The second-order valence-corrected chi connectivity index (χ2v) is 9.88. The zero-order valence-corrected chi connectivity index (χ0v) is 20.0. The molecule has 1 fully saturated rings. The highest BCUT2D eigenvalue weighted by molar-refractivity contribution is 7.19. The summed E-state index contributed by atoms with van der Waals surface area (Å²) in [7, 11) is 1.59. The Morgan fingerprint density at radius 1 is 1.29 bits per heavy atom. The highest BCUT2D eigenvalue weighted by Crippen LogP contribution is 2.40. The number of aryl methyl sites for hydroxylation is 1. The van der Waals surface area contributed by atoms with Crippen LogP contribution in [0.5, 0.6) is 5.75 Å². The first-order valence-electron chi connectivity index (χ1n) is 11.6. The number of nitrogens with one attached hydrogen (secondary N) is 3. The van der Waals surface area contributed by atoms with Gasteiger partial charge in [0.25, 0.3) is 0 Å². The molecule has 178 valence electrons. The maximum Gasteiger partial charge on any atom is 0.317 e. The van der Waals surface area contributed by atoms with E-state index in [1.807, 2.05) is 4.90 Å². The van der Waals surface area contributed by atoms with Crippen LogP contribution < -0.4 is 21.1 Å². The van der Waals surface area contributed by atoms with Crippen LogP contribution in [0, 0.1) is 5.41 Å². The third kappa shape index (κ3) is 4.25. The highest BCUT2D eigenvalue weighted by atomic mass is 32.1. The standard InChI is InChI=1S/C24H29N7O2S/c1-33-19-11-17(26)14(12-25)9-18(19)30-22-21-16-6-5-15(10-20(16)34-23(21)28-13-27-22)29-24(32)31-7-3-2-4-8-31/h9,11-13,15,25H,2-8,10,26H2,1H3,(H,29,32)(H,27,28,30). The zero-order valence-electron chi connectivity index (χ0n) is 19.2. The molecule has 10 heteroatoms. The van der Waals surface area contributed by atoms with Crippen LogP contribution in [-0.4, -0.2) is 53.4 Å². The SMILES string of the molecule is COc1cc(N)c(C=N)cc1Nc1ncnc2sc3c(c12)CCC(NC(=O)N1CCCCC1)C3. The number of aromatic nitrogens is 2. The average molecular weight is 480 g/mol.